The molecular formula is C83H67F8N37O9. The molecule has 4 fully saturated rings. The summed E-state index contributed by atoms with van der Waals surface area (Å²) >= 11 is 0. The Kier molecular flexibility index (Phi) is 21.5. The third kappa shape index (κ3) is 17.2. The first-order valence-corrected chi connectivity index (χ1v) is 42.1. The number of pyridine rings is 4. The van der Waals surface area contributed by atoms with Gasteiger partial charge in [0.2, 0.25) is 64.5 Å². The second kappa shape index (κ2) is 34.1. The molecule has 0 atom stereocenters. The summed E-state index contributed by atoms with van der Waals surface area (Å²) in [5.41, 5.74) is 2.59. The largest absolute Gasteiger partial charge is 0.388 e. The number of rotatable bonds is 25. The number of H-pyrrole nitrogens is 1. The van der Waals surface area contributed by atoms with E-state index in [4.69, 9.17) is 24.0 Å². The van der Waals surface area contributed by atoms with E-state index in [0.29, 0.717) is 63.9 Å². The smallest absolute Gasteiger partial charge is 0.350 e. The molecule has 20 aromatic heterocycles. The van der Waals surface area contributed by atoms with E-state index in [9.17, 15) is 19.2 Å². The van der Waals surface area contributed by atoms with Gasteiger partial charge in [-0.05, 0) is 148 Å². The van der Waals surface area contributed by atoms with Crippen LogP contribution in [-0.2, 0) is 67.4 Å². The van der Waals surface area contributed by atoms with Crippen molar-refractivity contribution in [3.63, 3.8) is 0 Å². The number of imidazole rings is 4. The van der Waals surface area contributed by atoms with E-state index in [-0.39, 0.29) is 129 Å². The molecule has 0 spiro atoms. The number of methoxy groups -OCH3 is 1. The second-order valence-electron chi connectivity index (χ2n) is 32.2. The highest BCUT2D eigenvalue weighted by molar-refractivity contribution is 5.95. The minimum absolute atomic E-state index is 0.00469. The Hall–Kier alpha value is -17.2. The number of hydrogen-bond donors (Lipinski definition) is 7. The summed E-state index contributed by atoms with van der Waals surface area (Å²) in [7, 11) is 1.61. The lowest BCUT2D eigenvalue weighted by atomic mass is 10.1. The van der Waals surface area contributed by atoms with Crippen molar-refractivity contribution >= 4 is 92.1 Å². The summed E-state index contributed by atoms with van der Waals surface area (Å²) in [5.74, 6) is -15.3. The van der Waals surface area contributed by atoms with Crippen molar-refractivity contribution in [2.24, 2.45) is 23.7 Å². The lowest BCUT2D eigenvalue weighted by molar-refractivity contribution is -0.118. The summed E-state index contributed by atoms with van der Waals surface area (Å²) in [6, 6.07) is 23.0. The fraction of sp³-hybridized carbons (Fsp3) is 0.265. The quantitative estimate of drug-likeness (QED) is 0.0263. The van der Waals surface area contributed by atoms with Gasteiger partial charge in [-0.3, -0.25) is 46.6 Å². The molecule has 4 amide bonds. The van der Waals surface area contributed by atoms with Crippen LogP contribution in [0.4, 0.5) is 58.4 Å². The van der Waals surface area contributed by atoms with Crippen LogP contribution in [0.3, 0.4) is 0 Å². The second-order valence-corrected chi connectivity index (χ2v) is 32.2. The molecule has 0 saturated heterocycles. The number of carbonyl (C=O) groups excluding carboxylic acids is 4. The minimum atomic E-state index is -3.62. The summed E-state index contributed by atoms with van der Waals surface area (Å²) in [6.45, 7) is 1.93. The van der Waals surface area contributed by atoms with Crippen molar-refractivity contribution in [1.82, 2.24) is 162 Å². The van der Waals surface area contributed by atoms with E-state index in [2.05, 4.69) is 143 Å². The van der Waals surface area contributed by atoms with E-state index in [1.807, 2.05) is 6.20 Å². The molecule has 4 saturated carbocycles. The van der Waals surface area contributed by atoms with Gasteiger partial charge in [0.05, 0.1) is 44.1 Å². The fourth-order valence-electron chi connectivity index (χ4n) is 14.3. The zero-order chi connectivity index (χ0) is 94.5. The molecule has 694 valence electrons. The number of fused-ring (bicyclic) bond motifs is 8. The summed E-state index contributed by atoms with van der Waals surface area (Å²) in [6.07, 6.45) is 21.5. The van der Waals surface area contributed by atoms with Crippen LogP contribution in [0.25, 0.3) is 90.5 Å². The number of carbonyl (C=O) groups is 4. The Morgan fingerprint density at radius 2 is 0.730 bits per heavy atom. The van der Waals surface area contributed by atoms with Gasteiger partial charge in [-0.15, -0.1) is 40.8 Å². The Bertz CT molecular complexity index is 7850. The predicted molar refractivity (Wildman–Crippen MR) is 453 cm³/mol. The number of aryl methyl sites for hydroxylation is 1. The molecule has 24 rings (SSSR count). The van der Waals surface area contributed by atoms with Crippen LogP contribution in [0, 0.1) is 30.6 Å². The van der Waals surface area contributed by atoms with Gasteiger partial charge in [-0.25, -0.2) is 43.0 Å². The number of alkyl halides is 8. The molecule has 20 aromatic rings. The number of aromatic nitrogens is 33. The van der Waals surface area contributed by atoms with Gasteiger partial charge in [0.25, 0.3) is 5.89 Å². The molecule has 4 aliphatic carbocycles. The summed E-state index contributed by atoms with van der Waals surface area (Å²) < 4.78 is 151. The number of amides is 4. The average Bonchev–Trinajstić information content (AvgIpc) is 1.63. The molecule has 54 heteroatoms. The Balaban J connectivity index is 0.000000109. The summed E-state index contributed by atoms with van der Waals surface area (Å²) in [4.78, 5) is 77.0. The number of nitrogens with zero attached hydrogens (tertiary/aromatic N) is 32. The first-order valence-electron chi connectivity index (χ1n) is 42.1. The summed E-state index contributed by atoms with van der Waals surface area (Å²) in [5, 5.41) is 93.7. The SMILES string of the molecule is COCCn1cc(-c2ccc3nnc(C(F)(F)c4ccc5nc(NC(=O)C6CC6)cn5n4)n3c2)cn1.Cc1nc(-c2ccc3nnc(C(F)(F)c4ccc5nc(NC(=O)C6CC6)cn5n4)n3c2)no1.O=C(Nc1cn2nc(C(F)(F)c3nnc4ccc(-c5n[nH]c(CO)n5)cn34)ccc2n1)C1CC1.O=C(Nc1cn2nc(C(F)(F)c3nnc4ccc(-c5noc(CO)n5)cn34)ccc2n1)C1CC1. The standard InChI is InChI=1S/C23H21F2N9O2.C20H16F2N10O2.C20H15F2N9O3.C20H15F2N9O2/c1-36-9-8-32-11-16(10-26-32)15-4-6-20-29-30-22(33(20)12-15)23(24,25)17-5-7-19-27-18(13-34(19)31-17)28-21(35)14-2-3-14;21-20(22,12-4-6-15-23-13(8-32(15)30-12)25-18(34)10-1-2-10)19-29-27-16-5-3-11(7-31(16)19)17-24-14(9-33)26-28-17;21-20(22,12-4-6-14-23-13(8-31(14)28-12)24-18(33)10-1-2-10)19-27-26-15-5-3-11(7-30(15)19)17-25-16(9-32)34-29-17;1-10-23-17(29-33-10)12-4-6-16-26-27-19(30(16)8-12)20(21,22)13-5-7-15-24-14(9-31(15)28-13)25-18(32)11-2-3-11/h4-7,10-14H,2-3,8-9H2,1H3,(H,28,35);3-8,10,33H,1-2,9H2,(H,25,34)(H,24,26,28);3-8,10,32H,1-2,9H2,(H,24,33);4-9,11H,2-3H2,1H3,(H,25,32). The van der Waals surface area contributed by atoms with Crippen LogP contribution in [0.2, 0.25) is 0 Å². The minimum Gasteiger partial charge on any atom is -0.388 e. The zero-order valence-electron chi connectivity index (χ0n) is 70.9. The van der Waals surface area contributed by atoms with Crippen LogP contribution < -0.4 is 21.3 Å². The van der Waals surface area contributed by atoms with Gasteiger partial charge in [0.1, 0.15) is 36.0 Å². The van der Waals surface area contributed by atoms with Gasteiger partial charge in [0, 0.05) is 96.5 Å². The maximum absolute atomic E-state index is 15.7. The molecule has 46 nitrogen and oxygen atoms in total. The number of nitrogens with one attached hydrogen (secondary N) is 5. The Labute approximate surface area is 757 Å². The molecule has 0 aromatic carbocycles. The molecular weight excluding hydrogens is 1810 g/mol. The predicted octanol–water partition coefficient (Wildman–Crippen LogP) is 8.73. The number of ether oxygens (including phenoxy) is 1. The number of aromatic amines is 1. The van der Waals surface area contributed by atoms with Crippen molar-refractivity contribution in [2.75, 3.05) is 35.0 Å². The van der Waals surface area contributed by atoms with Gasteiger partial charge < -0.3 is 45.3 Å². The van der Waals surface area contributed by atoms with Crippen molar-refractivity contribution in [2.45, 2.75) is 102 Å². The van der Waals surface area contributed by atoms with E-state index < -0.39 is 76.4 Å². The lowest BCUT2D eigenvalue weighted by Crippen LogP contribution is -2.22. The first kappa shape index (κ1) is 86.5. The number of aliphatic hydroxyl groups is 2. The van der Waals surface area contributed by atoms with Crippen LogP contribution in [0.1, 0.15) is 115 Å². The Morgan fingerprint density at radius 3 is 1.05 bits per heavy atom. The topological polar surface area (TPSA) is 545 Å². The first-order chi connectivity index (χ1) is 66.1. The van der Waals surface area contributed by atoms with E-state index in [0.717, 1.165) is 77.9 Å². The lowest BCUT2D eigenvalue weighted by Gasteiger charge is -2.14. The van der Waals surface area contributed by atoms with Crippen LogP contribution in [0.5, 0.6) is 0 Å². The van der Waals surface area contributed by atoms with E-state index >= 15 is 35.1 Å². The van der Waals surface area contributed by atoms with Crippen LogP contribution >= 0.6 is 0 Å². The van der Waals surface area contributed by atoms with Crippen molar-refractivity contribution in [1.29, 1.82) is 0 Å². The maximum atomic E-state index is 15.7. The molecule has 20 heterocycles. The van der Waals surface area contributed by atoms with E-state index in [1.54, 1.807) is 61.4 Å². The van der Waals surface area contributed by atoms with Crippen molar-refractivity contribution < 1.29 is 78.3 Å². The van der Waals surface area contributed by atoms with Crippen molar-refractivity contribution in [3.05, 3.63) is 223 Å². The number of anilines is 4. The van der Waals surface area contributed by atoms with Crippen molar-refractivity contribution in [3.8, 4) is 45.3 Å². The highest BCUT2D eigenvalue weighted by Gasteiger charge is 2.47. The highest BCUT2D eigenvalue weighted by atomic mass is 19.3. The van der Waals surface area contributed by atoms with Gasteiger partial charge >= 0.3 is 23.7 Å². The molecule has 0 bridgehead atoms. The number of aliphatic hydroxyl groups excluding tert-OH is 2. The molecule has 0 unspecified atom stereocenters. The zero-order valence-corrected chi connectivity index (χ0v) is 70.9. The highest BCUT2D eigenvalue weighted by Crippen LogP contribution is 2.41. The monoisotopic (exact) mass is 1880 g/mol. The molecule has 0 radical (unpaired) electrons. The average molecular weight is 1880 g/mol. The molecule has 7 N–H and O–H groups in total. The Morgan fingerprint density at radius 1 is 0.394 bits per heavy atom. The number of halogens is 8. The third-order valence-electron chi connectivity index (χ3n) is 22.2. The van der Waals surface area contributed by atoms with Crippen LogP contribution in [-0.4, -0.2) is 210 Å². The van der Waals surface area contributed by atoms with Gasteiger partial charge in [-0.2, -0.15) is 75.7 Å². The number of hydrogen-bond acceptors (Lipinski definition) is 32. The van der Waals surface area contributed by atoms with E-state index in [1.165, 1.54) is 125 Å². The molecule has 4 aliphatic rings. The molecule has 137 heavy (non-hydrogen) atoms. The molecule has 0 aliphatic heterocycles. The van der Waals surface area contributed by atoms with Gasteiger partial charge in [0.15, 0.2) is 80.1 Å². The fourth-order valence-corrected chi connectivity index (χ4v) is 14.3. The van der Waals surface area contributed by atoms with Gasteiger partial charge in [-0.1, -0.05) is 10.3 Å². The van der Waals surface area contributed by atoms with Crippen LogP contribution in [0.15, 0.2) is 168 Å². The maximum Gasteiger partial charge on any atom is 0.350 e. The third-order valence-corrected chi connectivity index (χ3v) is 22.2. The normalized spacial score (nSPS) is 14.2.